The zero-order valence-corrected chi connectivity index (χ0v) is 41.6. The Hall–Kier alpha value is -1.66. The van der Waals surface area contributed by atoms with Crippen LogP contribution in [0, 0.1) is 0 Å². The minimum absolute atomic E-state index is 0.00937. The van der Waals surface area contributed by atoms with E-state index in [2.05, 4.69) is 43.5 Å². The molecule has 0 aromatic carbocycles. The zero-order chi connectivity index (χ0) is 45.1. The van der Waals surface area contributed by atoms with Gasteiger partial charge in [-0.25, -0.2) is 0 Å². The third-order valence-electron chi connectivity index (χ3n) is 12.8. The molecule has 2 atom stereocenters. The van der Waals surface area contributed by atoms with E-state index in [0.29, 0.717) is 25.9 Å². The first-order valence-electron chi connectivity index (χ1n) is 27.6. The van der Waals surface area contributed by atoms with Gasteiger partial charge >= 0.3 is 5.97 Å². The molecule has 1 amide bonds. The highest BCUT2D eigenvalue weighted by Gasteiger charge is 2.20. The molecule has 3 N–H and O–H groups in total. The molecule has 0 aliphatic carbocycles. The van der Waals surface area contributed by atoms with Crippen molar-refractivity contribution in [1.29, 1.82) is 0 Å². The number of nitrogens with one attached hydrogen (secondary N) is 1. The average molecular weight is 874 g/mol. The van der Waals surface area contributed by atoms with Crippen LogP contribution in [0.3, 0.4) is 0 Å². The van der Waals surface area contributed by atoms with E-state index in [-0.39, 0.29) is 18.5 Å². The molecule has 0 aromatic heterocycles. The largest absolute Gasteiger partial charge is 0.466 e. The number of carbonyl (C=O) groups is 2. The summed E-state index contributed by atoms with van der Waals surface area (Å²) in [5.74, 6) is -0.0549. The molecule has 2 unspecified atom stereocenters. The summed E-state index contributed by atoms with van der Waals surface area (Å²) in [7, 11) is 0. The van der Waals surface area contributed by atoms with Crippen LogP contribution in [0.25, 0.3) is 0 Å². The number of hydrogen-bond donors (Lipinski definition) is 3. The molecule has 0 saturated carbocycles. The van der Waals surface area contributed by atoms with Gasteiger partial charge in [-0.15, -0.1) is 0 Å². The molecule has 0 aromatic rings. The molecule has 0 heterocycles. The number of aliphatic hydroxyl groups is 2. The van der Waals surface area contributed by atoms with Crippen molar-refractivity contribution in [2.75, 3.05) is 13.2 Å². The second-order valence-electron chi connectivity index (χ2n) is 18.9. The van der Waals surface area contributed by atoms with Crippen molar-refractivity contribution < 1.29 is 24.5 Å². The van der Waals surface area contributed by atoms with Gasteiger partial charge < -0.3 is 20.3 Å². The van der Waals surface area contributed by atoms with E-state index in [0.717, 1.165) is 57.8 Å². The van der Waals surface area contributed by atoms with Crippen LogP contribution in [0.5, 0.6) is 0 Å². The lowest BCUT2D eigenvalue weighted by molar-refractivity contribution is -0.143. The summed E-state index contributed by atoms with van der Waals surface area (Å²) < 4.78 is 5.48. The summed E-state index contributed by atoms with van der Waals surface area (Å²) >= 11 is 0. The van der Waals surface area contributed by atoms with Crippen LogP contribution in [-0.2, 0) is 14.3 Å². The van der Waals surface area contributed by atoms with E-state index >= 15 is 0 Å². The predicted molar refractivity (Wildman–Crippen MR) is 269 cm³/mol. The number of allylic oxidation sites excluding steroid dienone is 4. The van der Waals surface area contributed by atoms with Gasteiger partial charge in [-0.05, 0) is 57.8 Å². The Balaban J connectivity index is 3.43. The molecule has 0 fully saturated rings. The summed E-state index contributed by atoms with van der Waals surface area (Å²) in [6, 6.07) is -0.549. The maximum absolute atomic E-state index is 12.4. The molecule has 0 rings (SSSR count). The lowest BCUT2D eigenvalue weighted by Gasteiger charge is -2.22. The molecule has 0 aliphatic heterocycles. The van der Waals surface area contributed by atoms with Crippen molar-refractivity contribution in [3.63, 3.8) is 0 Å². The van der Waals surface area contributed by atoms with Gasteiger partial charge in [0.1, 0.15) is 0 Å². The van der Waals surface area contributed by atoms with Gasteiger partial charge in [-0.1, -0.05) is 250 Å². The molecule has 0 spiro atoms. The van der Waals surface area contributed by atoms with Crippen molar-refractivity contribution in [1.82, 2.24) is 5.32 Å². The third-order valence-corrected chi connectivity index (χ3v) is 12.8. The summed E-state index contributed by atoms with van der Waals surface area (Å²) in [6.07, 6.45) is 61.5. The smallest absolute Gasteiger partial charge is 0.305 e. The Kier molecular flexibility index (Phi) is 50.6. The summed E-state index contributed by atoms with van der Waals surface area (Å²) in [5, 5.41) is 23.2. The van der Waals surface area contributed by atoms with Gasteiger partial charge in [0.15, 0.2) is 0 Å². The molecule has 6 nitrogen and oxygen atoms in total. The normalized spacial score (nSPS) is 12.8. The highest BCUT2D eigenvalue weighted by molar-refractivity contribution is 5.76. The van der Waals surface area contributed by atoms with Gasteiger partial charge in [0.2, 0.25) is 5.91 Å². The van der Waals surface area contributed by atoms with Gasteiger partial charge in [0.25, 0.3) is 0 Å². The second kappa shape index (κ2) is 52.0. The molecule has 366 valence electrons. The SMILES string of the molecule is CCCCCC/C=C\C/C=C\CCCCCCCCCC(=O)OCCCCCCCCCCCCCCCCC(=O)NC(CO)C(O)CCCCCCCCCCCCCCC. The monoisotopic (exact) mass is 874 g/mol. The number of amides is 1. The van der Waals surface area contributed by atoms with E-state index in [4.69, 9.17) is 4.74 Å². The topological polar surface area (TPSA) is 95.9 Å². The van der Waals surface area contributed by atoms with Crippen LogP contribution in [-0.4, -0.2) is 47.4 Å². The fraction of sp³-hybridized carbons (Fsp3) is 0.893. The number of aliphatic hydroxyl groups excluding tert-OH is 2. The lowest BCUT2D eigenvalue weighted by Crippen LogP contribution is -2.45. The van der Waals surface area contributed by atoms with Gasteiger partial charge in [0, 0.05) is 12.8 Å². The standard InChI is InChI=1S/C56H107NO5/c1-3-5-7-9-11-13-15-17-18-19-20-21-26-30-34-38-42-46-50-56(61)62-51-47-43-39-35-31-27-23-22-25-29-33-37-41-45-49-55(60)57-53(52-58)54(59)48-44-40-36-32-28-24-16-14-12-10-8-6-4-2/h13,15,18-19,53-54,58-59H,3-12,14,16-17,20-52H2,1-2H3,(H,57,60)/b15-13-,19-18-. The number of hydrogen-bond acceptors (Lipinski definition) is 5. The van der Waals surface area contributed by atoms with E-state index in [9.17, 15) is 19.8 Å². The second-order valence-corrected chi connectivity index (χ2v) is 18.9. The van der Waals surface area contributed by atoms with Crippen molar-refractivity contribution in [3.05, 3.63) is 24.3 Å². The number of esters is 1. The Morgan fingerprint density at radius 1 is 0.452 bits per heavy atom. The van der Waals surface area contributed by atoms with Crippen LogP contribution in [0.15, 0.2) is 24.3 Å². The molecule has 62 heavy (non-hydrogen) atoms. The van der Waals surface area contributed by atoms with Gasteiger partial charge in [-0.3, -0.25) is 9.59 Å². The van der Waals surface area contributed by atoms with Crippen molar-refractivity contribution in [2.24, 2.45) is 0 Å². The Labute approximate surface area is 386 Å². The first kappa shape index (κ1) is 60.3. The fourth-order valence-corrected chi connectivity index (χ4v) is 8.49. The maximum Gasteiger partial charge on any atom is 0.305 e. The van der Waals surface area contributed by atoms with Crippen LogP contribution in [0.4, 0.5) is 0 Å². The predicted octanol–water partition coefficient (Wildman–Crippen LogP) is 16.7. The molecular formula is C56H107NO5. The van der Waals surface area contributed by atoms with Crippen molar-refractivity contribution in [2.45, 2.75) is 309 Å². The first-order chi connectivity index (χ1) is 30.5. The minimum atomic E-state index is -0.671. The van der Waals surface area contributed by atoms with E-state index in [1.54, 1.807) is 0 Å². The number of carbonyl (C=O) groups excluding carboxylic acids is 2. The zero-order valence-electron chi connectivity index (χ0n) is 41.6. The number of ether oxygens (including phenoxy) is 1. The molecule has 6 heteroatoms. The third kappa shape index (κ3) is 47.8. The first-order valence-corrected chi connectivity index (χ1v) is 27.6. The molecule has 0 aliphatic rings. The highest BCUT2D eigenvalue weighted by Crippen LogP contribution is 2.17. The van der Waals surface area contributed by atoms with Crippen LogP contribution >= 0.6 is 0 Å². The van der Waals surface area contributed by atoms with Crippen molar-refractivity contribution >= 4 is 11.9 Å². The molecule has 0 bridgehead atoms. The van der Waals surface area contributed by atoms with Crippen LogP contribution in [0.2, 0.25) is 0 Å². The summed E-state index contributed by atoms with van der Waals surface area (Å²) in [5.41, 5.74) is 0. The van der Waals surface area contributed by atoms with E-state index in [1.807, 2.05) is 0 Å². The maximum atomic E-state index is 12.4. The summed E-state index contributed by atoms with van der Waals surface area (Å²) in [4.78, 5) is 24.5. The molecular weight excluding hydrogens is 767 g/mol. The van der Waals surface area contributed by atoms with Crippen molar-refractivity contribution in [3.8, 4) is 0 Å². The Morgan fingerprint density at radius 2 is 0.806 bits per heavy atom. The minimum Gasteiger partial charge on any atom is -0.466 e. The van der Waals surface area contributed by atoms with Gasteiger partial charge in [-0.2, -0.15) is 0 Å². The van der Waals surface area contributed by atoms with E-state index < -0.39 is 12.1 Å². The number of rotatable bonds is 51. The number of unbranched alkanes of at least 4 members (excludes halogenated alkanes) is 36. The Morgan fingerprint density at radius 3 is 1.24 bits per heavy atom. The fourth-order valence-electron chi connectivity index (χ4n) is 8.49. The van der Waals surface area contributed by atoms with Crippen LogP contribution in [0.1, 0.15) is 296 Å². The summed E-state index contributed by atoms with van der Waals surface area (Å²) in [6.45, 7) is 4.91. The van der Waals surface area contributed by atoms with Crippen LogP contribution < -0.4 is 5.32 Å². The van der Waals surface area contributed by atoms with Gasteiger partial charge in [0.05, 0.1) is 25.4 Å². The molecule has 0 saturated heterocycles. The lowest BCUT2D eigenvalue weighted by atomic mass is 10.0. The van der Waals surface area contributed by atoms with E-state index in [1.165, 1.54) is 205 Å². The average Bonchev–Trinajstić information content (AvgIpc) is 3.27. The quantitative estimate of drug-likeness (QED) is 0.0321. The molecule has 0 radical (unpaired) electrons. The highest BCUT2D eigenvalue weighted by atomic mass is 16.5. The Bertz CT molecular complexity index is 966.